The number of carbonyl (C=O) groups is 1. The minimum atomic E-state index is -4.45. The van der Waals surface area contributed by atoms with Gasteiger partial charge in [-0.3, -0.25) is 4.79 Å². The summed E-state index contributed by atoms with van der Waals surface area (Å²) >= 11 is 0. The van der Waals surface area contributed by atoms with Gasteiger partial charge < -0.3 is 18.8 Å². The number of piperidine rings is 1. The molecular weight excluding hydrogens is 365 g/mol. The Morgan fingerprint density at radius 3 is 2.96 bits per heavy atom. The van der Waals surface area contributed by atoms with Crippen LogP contribution in [0.3, 0.4) is 0 Å². The molecule has 1 atom stereocenters. The van der Waals surface area contributed by atoms with Crippen LogP contribution in [0.4, 0.5) is 13.2 Å². The van der Waals surface area contributed by atoms with Gasteiger partial charge >= 0.3 is 6.18 Å². The second-order valence-electron chi connectivity index (χ2n) is 6.19. The maximum absolute atomic E-state index is 12.7. The predicted molar refractivity (Wildman–Crippen MR) is 88.2 cm³/mol. The number of halogens is 3. The SMILES string of the molecule is CO[C@@H]1CCCN(C(=O)c2coc(COc3cccc(C(F)(F)F)c3)n2)C1. The Kier molecular flexibility index (Phi) is 5.69. The molecule has 1 aliphatic rings. The summed E-state index contributed by atoms with van der Waals surface area (Å²) in [5, 5.41) is 0. The number of oxazole rings is 1. The lowest BCUT2D eigenvalue weighted by Gasteiger charge is -2.31. The highest BCUT2D eigenvalue weighted by Crippen LogP contribution is 2.31. The highest BCUT2D eigenvalue weighted by Gasteiger charge is 2.30. The van der Waals surface area contributed by atoms with Crippen molar-refractivity contribution in [1.29, 1.82) is 0 Å². The van der Waals surface area contributed by atoms with Gasteiger partial charge in [-0.05, 0) is 31.0 Å². The number of carbonyl (C=O) groups excluding carboxylic acids is 1. The van der Waals surface area contributed by atoms with Crippen LogP contribution in [0.5, 0.6) is 5.75 Å². The Balaban J connectivity index is 1.60. The van der Waals surface area contributed by atoms with E-state index in [0.717, 1.165) is 25.0 Å². The van der Waals surface area contributed by atoms with Crippen molar-refractivity contribution in [2.75, 3.05) is 20.2 Å². The lowest BCUT2D eigenvalue weighted by Crippen LogP contribution is -2.43. The van der Waals surface area contributed by atoms with E-state index in [1.807, 2.05) is 0 Å². The van der Waals surface area contributed by atoms with E-state index in [-0.39, 0.29) is 36.0 Å². The molecule has 0 saturated carbocycles. The summed E-state index contributed by atoms with van der Waals surface area (Å²) < 4.78 is 54.0. The smallest absolute Gasteiger partial charge is 0.416 e. The molecule has 0 N–H and O–H groups in total. The zero-order valence-corrected chi connectivity index (χ0v) is 14.7. The van der Waals surface area contributed by atoms with Crippen molar-refractivity contribution in [3.8, 4) is 5.75 Å². The number of aromatic nitrogens is 1. The summed E-state index contributed by atoms with van der Waals surface area (Å²) in [4.78, 5) is 18.2. The maximum atomic E-state index is 12.7. The second-order valence-corrected chi connectivity index (χ2v) is 6.19. The minimum absolute atomic E-state index is 0.00156. The van der Waals surface area contributed by atoms with E-state index in [4.69, 9.17) is 13.9 Å². The summed E-state index contributed by atoms with van der Waals surface area (Å²) in [6.07, 6.45) is -1.48. The third-order valence-corrected chi connectivity index (χ3v) is 4.29. The van der Waals surface area contributed by atoms with Crippen LogP contribution in [0.15, 0.2) is 34.9 Å². The third kappa shape index (κ3) is 4.79. The molecule has 0 unspecified atom stereocenters. The fourth-order valence-electron chi connectivity index (χ4n) is 2.86. The van der Waals surface area contributed by atoms with E-state index in [2.05, 4.69) is 4.98 Å². The van der Waals surface area contributed by atoms with Crippen LogP contribution < -0.4 is 4.74 Å². The molecule has 0 radical (unpaired) electrons. The van der Waals surface area contributed by atoms with E-state index in [1.54, 1.807) is 12.0 Å². The van der Waals surface area contributed by atoms with Crippen molar-refractivity contribution in [3.05, 3.63) is 47.7 Å². The zero-order valence-electron chi connectivity index (χ0n) is 14.7. The number of amides is 1. The highest BCUT2D eigenvalue weighted by molar-refractivity contribution is 5.92. The van der Waals surface area contributed by atoms with Crippen LogP contribution in [0.25, 0.3) is 0 Å². The fraction of sp³-hybridized carbons (Fsp3) is 0.444. The van der Waals surface area contributed by atoms with Gasteiger partial charge in [-0.1, -0.05) is 6.07 Å². The average molecular weight is 384 g/mol. The number of hydrogen-bond donors (Lipinski definition) is 0. The number of rotatable bonds is 5. The Morgan fingerprint density at radius 2 is 2.22 bits per heavy atom. The van der Waals surface area contributed by atoms with Crippen molar-refractivity contribution < 1.29 is 31.9 Å². The molecule has 0 bridgehead atoms. The summed E-state index contributed by atoms with van der Waals surface area (Å²) in [5.74, 6) is -0.128. The van der Waals surface area contributed by atoms with Crippen molar-refractivity contribution in [3.63, 3.8) is 0 Å². The number of alkyl halides is 3. The molecule has 6 nitrogen and oxygen atoms in total. The van der Waals surface area contributed by atoms with E-state index in [0.29, 0.717) is 13.1 Å². The van der Waals surface area contributed by atoms with Crippen LogP contribution >= 0.6 is 0 Å². The van der Waals surface area contributed by atoms with Gasteiger partial charge in [0.15, 0.2) is 12.3 Å². The fourth-order valence-corrected chi connectivity index (χ4v) is 2.86. The Morgan fingerprint density at radius 1 is 1.41 bits per heavy atom. The molecule has 27 heavy (non-hydrogen) atoms. The maximum Gasteiger partial charge on any atom is 0.416 e. The van der Waals surface area contributed by atoms with Crippen molar-refractivity contribution in [1.82, 2.24) is 9.88 Å². The number of benzene rings is 1. The number of ether oxygens (including phenoxy) is 2. The van der Waals surface area contributed by atoms with Gasteiger partial charge in [-0.15, -0.1) is 0 Å². The molecule has 1 amide bonds. The molecule has 1 fully saturated rings. The molecule has 0 aliphatic carbocycles. The summed E-state index contributed by atoms with van der Waals surface area (Å²) in [6.45, 7) is 0.912. The second kappa shape index (κ2) is 7.99. The zero-order chi connectivity index (χ0) is 19.4. The van der Waals surface area contributed by atoms with Crippen molar-refractivity contribution in [2.45, 2.75) is 31.7 Å². The van der Waals surface area contributed by atoms with E-state index >= 15 is 0 Å². The molecule has 9 heteroatoms. The first-order valence-corrected chi connectivity index (χ1v) is 8.43. The molecule has 1 aliphatic heterocycles. The lowest BCUT2D eigenvalue weighted by atomic mass is 10.1. The predicted octanol–water partition coefficient (Wildman–Crippen LogP) is 3.52. The van der Waals surface area contributed by atoms with Gasteiger partial charge in [-0.25, -0.2) is 4.98 Å². The average Bonchev–Trinajstić information content (AvgIpc) is 3.14. The topological polar surface area (TPSA) is 64.8 Å². The summed E-state index contributed by atoms with van der Waals surface area (Å²) in [7, 11) is 1.61. The molecule has 1 saturated heterocycles. The van der Waals surface area contributed by atoms with Crippen LogP contribution in [0.2, 0.25) is 0 Å². The van der Waals surface area contributed by atoms with Crippen LogP contribution in [0, 0.1) is 0 Å². The van der Waals surface area contributed by atoms with Crippen LogP contribution in [0.1, 0.15) is 34.8 Å². The first-order valence-electron chi connectivity index (χ1n) is 8.43. The standard InChI is InChI=1S/C18H19F3N2O4/c1-25-14-6-3-7-23(9-14)17(24)15-10-27-16(22-15)11-26-13-5-2-4-12(8-13)18(19,20)21/h2,4-5,8,10,14H,3,6-7,9,11H2,1H3/t14-/m1/s1. The largest absolute Gasteiger partial charge is 0.484 e. The Bertz CT molecular complexity index is 791. The molecule has 2 aromatic rings. The normalized spacial score (nSPS) is 17.8. The molecule has 146 valence electrons. The first-order chi connectivity index (χ1) is 12.9. The quantitative estimate of drug-likeness (QED) is 0.789. The number of hydrogen-bond acceptors (Lipinski definition) is 5. The van der Waals surface area contributed by atoms with Gasteiger partial charge in [0.1, 0.15) is 12.0 Å². The van der Waals surface area contributed by atoms with Crippen molar-refractivity contribution in [2.24, 2.45) is 0 Å². The minimum Gasteiger partial charge on any atom is -0.484 e. The van der Waals surface area contributed by atoms with E-state index < -0.39 is 11.7 Å². The Labute approximate surface area is 153 Å². The monoisotopic (exact) mass is 384 g/mol. The Hall–Kier alpha value is -2.55. The summed E-state index contributed by atoms with van der Waals surface area (Å²) in [5.41, 5.74) is -0.671. The number of methoxy groups -OCH3 is 1. The van der Waals surface area contributed by atoms with Crippen molar-refractivity contribution >= 4 is 5.91 Å². The molecule has 1 aromatic carbocycles. The van der Waals surface area contributed by atoms with Crippen LogP contribution in [-0.4, -0.2) is 42.1 Å². The van der Waals surface area contributed by atoms with Gasteiger partial charge in [-0.2, -0.15) is 13.2 Å². The highest BCUT2D eigenvalue weighted by atomic mass is 19.4. The molecular formula is C18H19F3N2O4. The van der Waals surface area contributed by atoms with Gasteiger partial charge in [0, 0.05) is 20.2 Å². The third-order valence-electron chi connectivity index (χ3n) is 4.29. The molecule has 2 heterocycles. The first kappa shape index (κ1) is 19.2. The van der Waals surface area contributed by atoms with Gasteiger partial charge in [0.05, 0.1) is 11.7 Å². The van der Waals surface area contributed by atoms with Crippen LogP contribution in [-0.2, 0) is 17.5 Å². The molecule has 3 rings (SSSR count). The van der Waals surface area contributed by atoms with Gasteiger partial charge in [0.25, 0.3) is 5.91 Å². The number of nitrogens with zero attached hydrogens (tertiary/aromatic N) is 2. The van der Waals surface area contributed by atoms with Gasteiger partial charge in [0.2, 0.25) is 5.89 Å². The lowest BCUT2D eigenvalue weighted by molar-refractivity contribution is -0.137. The molecule has 1 aromatic heterocycles. The molecule has 0 spiro atoms. The van der Waals surface area contributed by atoms with E-state index in [9.17, 15) is 18.0 Å². The van der Waals surface area contributed by atoms with E-state index in [1.165, 1.54) is 18.4 Å². The summed E-state index contributed by atoms with van der Waals surface area (Å²) in [6, 6.07) is 4.52. The number of likely N-dealkylation sites (tertiary alicyclic amines) is 1.